The first-order chi connectivity index (χ1) is 20.0. The molecule has 1 N–H and O–H groups in total. The minimum absolute atomic E-state index is 0.0116. The number of hydrogen-bond acceptors (Lipinski definition) is 8. The van der Waals surface area contributed by atoms with Crippen LogP contribution in [0.5, 0.6) is 0 Å². The second kappa shape index (κ2) is 9.75. The van der Waals surface area contributed by atoms with Crippen molar-refractivity contribution in [2.24, 2.45) is 38.2 Å². The Morgan fingerprint density at radius 1 is 1.21 bits per heavy atom. The number of ether oxygens (including phenoxy) is 1. The zero-order chi connectivity index (χ0) is 29.6. The summed E-state index contributed by atoms with van der Waals surface area (Å²) in [6, 6.07) is 6.02. The third kappa shape index (κ3) is 3.88. The molecule has 1 aliphatic heterocycles. The number of aromatic nitrogens is 2. The van der Waals surface area contributed by atoms with Crippen molar-refractivity contribution >= 4 is 41.7 Å². The van der Waals surface area contributed by atoms with Crippen molar-refractivity contribution in [2.45, 2.75) is 82.3 Å². The molecule has 7 rings (SSSR count). The van der Waals surface area contributed by atoms with Crippen molar-refractivity contribution < 1.29 is 23.8 Å². The molecule has 0 bridgehead atoms. The number of nitrogens with zero attached hydrogens (tertiary/aromatic N) is 4. The maximum absolute atomic E-state index is 13.6. The summed E-state index contributed by atoms with van der Waals surface area (Å²) in [4.78, 5) is 26.6. The second-order valence-corrected chi connectivity index (χ2v) is 14.6. The number of allylic oxidation sites excluding steroid dienone is 1. The van der Waals surface area contributed by atoms with Crippen LogP contribution in [0.1, 0.15) is 64.1 Å². The quantitative estimate of drug-likeness (QED) is 0.259. The van der Waals surface area contributed by atoms with E-state index in [9.17, 15) is 19.1 Å². The van der Waals surface area contributed by atoms with Crippen molar-refractivity contribution in [1.29, 1.82) is 0 Å². The summed E-state index contributed by atoms with van der Waals surface area (Å²) in [5.41, 5.74) is 1.79. The van der Waals surface area contributed by atoms with Crippen molar-refractivity contribution in [3.8, 4) is 5.69 Å². The van der Waals surface area contributed by atoms with Gasteiger partial charge in [0.2, 0.25) is 5.12 Å². The predicted molar refractivity (Wildman–Crippen MR) is 159 cm³/mol. The van der Waals surface area contributed by atoms with Crippen molar-refractivity contribution in [2.75, 3.05) is 0 Å². The number of esters is 1. The number of aliphatic hydroxyl groups is 1. The van der Waals surface area contributed by atoms with Gasteiger partial charge in [-0.3, -0.25) is 9.59 Å². The molecule has 222 valence electrons. The molecule has 4 aliphatic carbocycles. The summed E-state index contributed by atoms with van der Waals surface area (Å²) >= 11 is 5.38. The first-order valence-corrected chi connectivity index (χ1v) is 16.0. The first kappa shape index (κ1) is 28.3. The van der Waals surface area contributed by atoms with E-state index >= 15 is 0 Å². The zero-order valence-electron chi connectivity index (χ0n) is 23.9. The van der Waals surface area contributed by atoms with Crippen LogP contribution in [0.2, 0.25) is 0 Å². The monoisotopic (exact) mass is 610 g/mol. The fraction of sp³-hybridized carbons (Fsp3) is 0.581. The Balaban J connectivity index is 1.20. The van der Waals surface area contributed by atoms with Crippen LogP contribution in [-0.2, 0) is 20.7 Å². The van der Waals surface area contributed by atoms with Gasteiger partial charge in [0.05, 0.1) is 29.7 Å². The number of fused-ring (bicyclic) bond motifs is 6. The molecule has 0 amide bonds. The van der Waals surface area contributed by atoms with E-state index in [1.165, 1.54) is 17.7 Å². The lowest BCUT2D eigenvalue weighted by Gasteiger charge is -2.60. The van der Waals surface area contributed by atoms with Crippen LogP contribution in [0.15, 0.2) is 45.7 Å². The highest BCUT2D eigenvalue weighted by Gasteiger charge is 2.70. The third-order valence-electron chi connectivity index (χ3n) is 11.3. The third-order valence-corrected chi connectivity index (χ3v) is 12.7. The molecule has 0 spiro atoms. The normalized spacial score (nSPS) is 40.0. The Morgan fingerprint density at radius 2 is 1.98 bits per heavy atom. The SMILES string of the molecule is CC1N=NSC1C(=O)O[C@]1(C(=O)S)CC[C@H]2[C@@H]3CCC4=Cc5c(cnn5-c5ccc(F)cc5)C[C@]4(C)[C@H]3[C@@H](O)C[C@@]21C. The molecule has 1 aromatic heterocycles. The summed E-state index contributed by atoms with van der Waals surface area (Å²) in [7, 11) is 0. The minimum Gasteiger partial charge on any atom is -0.449 e. The molecular formula is C31H35FN4O4S2. The summed E-state index contributed by atoms with van der Waals surface area (Å²) in [6.07, 6.45) is 7.39. The summed E-state index contributed by atoms with van der Waals surface area (Å²) in [5, 5.41) is 19.6. The molecule has 2 unspecified atom stereocenters. The maximum atomic E-state index is 13.6. The van der Waals surface area contributed by atoms with Gasteiger partial charge >= 0.3 is 5.97 Å². The summed E-state index contributed by atoms with van der Waals surface area (Å²) in [5.74, 6) is -0.530. The minimum atomic E-state index is -1.40. The Hall–Kier alpha value is -2.50. The van der Waals surface area contributed by atoms with E-state index in [-0.39, 0.29) is 35.0 Å². The molecule has 5 aliphatic rings. The van der Waals surface area contributed by atoms with Gasteiger partial charge in [-0.25, -0.2) is 9.07 Å². The van der Waals surface area contributed by atoms with E-state index in [0.717, 1.165) is 54.6 Å². The standard InChI is InChI=1S/C31H35FN4O4S2/c1-16-26(42-35-34-16)27(38)40-31(28(39)41)11-10-22-21-9-4-18-12-23-17(15-33-36(23)20-7-5-19(32)6-8-20)13-29(18,2)25(21)24(37)14-30(22,31)3/h5-8,12,15-16,21-22,24-26,37H,4,9-11,13-14H2,1-3H3,(H,39,41)/t16?,21-,22-,24-,25+,26?,29-,30-,31-/m0/s1. The highest BCUT2D eigenvalue weighted by molar-refractivity contribution is 7.99. The lowest BCUT2D eigenvalue weighted by molar-refractivity contribution is -0.196. The van der Waals surface area contributed by atoms with Crippen LogP contribution in [0.4, 0.5) is 4.39 Å². The smallest absolute Gasteiger partial charge is 0.324 e. The van der Waals surface area contributed by atoms with Gasteiger partial charge in [-0.15, -0.1) is 17.1 Å². The zero-order valence-corrected chi connectivity index (χ0v) is 25.6. The van der Waals surface area contributed by atoms with Crippen molar-refractivity contribution in [1.82, 2.24) is 9.78 Å². The van der Waals surface area contributed by atoms with E-state index in [2.05, 4.69) is 40.4 Å². The Labute approximate surface area is 254 Å². The van der Waals surface area contributed by atoms with Gasteiger partial charge in [0.25, 0.3) is 0 Å². The highest BCUT2D eigenvalue weighted by atomic mass is 32.2. The van der Waals surface area contributed by atoms with Crippen LogP contribution >= 0.6 is 24.6 Å². The summed E-state index contributed by atoms with van der Waals surface area (Å²) < 4.78 is 25.5. The van der Waals surface area contributed by atoms with Crippen LogP contribution < -0.4 is 0 Å². The molecule has 2 aromatic rings. The number of hydrogen-bond donors (Lipinski definition) is 2. The molecule has 0 saturated heterocycles. The number of thiol groups is 1. The van der Waals surface area contributed by atoms with Crippen LogP contribution in [-0.4, -0.2) is 49.0 Å². The van der Waals surface area contributed by atoms with Gasteiger partial charge in [0.15, 0.2) is 5.60 Å². The van der Waals surface area contributed by atoms with Gasteiger partial charge in [0.1, 0.15) is 11.1 Å². The molecule has 11 heteroatoms. The fourth-order valence-electron chi connectivity index (χ4n) is 9.29. The lowest BCUT2D eigenvalue weighted by atomic mass is 9.45. The largest absolute Gasteiger partial charge is 0.449 e. The number of halogens is 1. The fourth-order valence-corrected chi connectivity index (χ4v) is 10.4. The van der Waals surface area contributed by atoms with Crippen LogP contribution in [0.25, 0.3) is 11.8 Å². The van der Waals surface area contributed by atoms with Gasteiger partial charge in [-0.05, 0) is 105 Å². The van der Waals surface area contributed by atoms with E-state index in [0.29, 0.717) is 12.8 Å². The molecular weight excluding hydrogens is 575 g/mol. The van der Waals surface area contributed by atoms with Gasteiger partial charge < -0.3 is 9.84 Å². The number of aliphatic hydroxyl groups excluding tert-OH is 1. The molecule has 1 aromatic carbocycles. The average Bonchev–Trinajstić information content (AvgIpc) is 3.63. The molecule has 0 radical (unpaired) electrons. The molecule has 3 fully saturated rings. The van der Waals surface area contributed by atoms with E-state index < -0.39 is 33.5 Å². The maximum Gasteiger partial charge on any atom is 0.324 e. The lowest BCUT2D eigenvalue weighted by Crippen LogP contribution is -2.62. The first-order valence-electron chi connectivity index (χ1n) is 14.7. The highest BCUT2D eigenvalue weighted by Crippen LogP contribution is 2.68. The average molecular weight is 611 g/mol. The summed E-state index contributed by atoms with van der Waals surface area (Å²) in [6.45, 7) is 6.09. The number of benzene rings is 1. The number of carbonyl (C=O) groups is 2. The Morgan fingerprint density at radius 3 is 2.67 bits per heavy atom. The molecule has 42 heavy (non-hydrogen) atoms. The Kier molecular flexibility index (Phi) is 6.57. The van der Waals surface area contributed by atoms with Gasteiger partial charge in [-0.2, -0.15) is 10.2 Å². The molecule has 2 heterocycles. The van der Waals surface area contributed by atoms with Crippen LogP contribution in [0.3, 0.4) is 0 Å². The number of carbonyl (C=O) groups excluding carboxylic acids is 2. The van der Waals surface area contributed by atoms with Crippen molar-refractivity contribution in [3.05, 3.63) is 53.1 Å². The molecule has 8 nitrogen and oxygen atoms in total. The van der Waals surface area contributed by atoms with E-state index in [4.69, 9.17) is 4.74 Å². The second-order valence-electron chi connectivity index (χ2n) is 13.3. The van der Waals surface area contributed by atoms with Crippen molar-refractivity contribution in [3.63, 3.8) is 0 Å². The number of rotatable bonds is 4. The van der Waals surface area contributed by atoms with Gasteiger partial charge in [0, 0.05) is 17.4 Å². The predicted octanol–water partition coefficient (Wildman–Crippen LogP) is 5.77. The van der Waals surface area contributed by atoms with Gasteiger partial charge in [-0.1, -0.05) is 19.4 Å². The van der Waals surface area contributed by atoms with E-state index in [1.807, 2.05) is 24.7 Å². The topological polar surface area (TPSA) is 106 Å². The molecule has 9 atom stereocenters. The Bertz CT molecular complexity index is 1530. The van der Waals surface area contributed by atoms with Crippen LogP contribution in [0, 0.1) is 34.4 Å². The van der Waals surface area contributed by atoms with E-state index in [1.54, 1.807) is 12.1 Å². The molecule has 3 saturated carbocycles.